The highest BCUT2D eigenvalue weighted by molar-refractivity contribution is 7.10. The van der Waals surface area contributed by atoms with Crippen molar-refractivity contribution in [2.24, 2.45) is 5.92 Å². The van der Waals surface area contributed by atoms with Crippen molar-refractivity contribution in [3.05, 3.63) is 87.9 Å². The van der Waals surface area contributed by atoms with Gasteiger partial charge in [0, 0.05) is 24.0 Å². The number of amides is 2. The first kappa shape index (κ1) is 24.9. The second-order valence-electron chi connectivity index (χ2n) is 9.25. The first-order valence-electron chi connectivity index (χ1n) is 12.0. The van der Waals surface area contributed by atoms with Crippen molar-refractivity contribution in [1.82, 2.24) is 9.80 Å². The van der Waals surface area contributed by atoms with Crippen molar-refractivity contribution < 1.29 is 18.7 Å². The zero-order chi connectivity index (χ0) is 24.8. The number of hydrogen-bond acceptors (Lipinski definition) is 4. The van der Waals surface area contributed by atoms with E-state index < -0.39 is 0 Å². The number of ether oxygens (including phenoxy) is 1. The number of benzene rings is 2. The molecule has 5 nitrogen and oxygen atoms in total. The summed E-state index contributed by atoms with van der Waals surface area (Å²) >= 11 is 1.68. The van der Waals surface area contributed by atoms with Gasteiger partial charge in [0.1, 0.15) is 18.2 Å². The number of carbonyl (C=O) groups is 2. The number of halogens is 1. The van der Waals surface area contributed by atoms with Gasteiger partial charge in [0.05, 0.1) is 19.0 Å². The molecular formula is C28H31FN2O3S. The third-order valence-corrected chi connectivity index (χ3v) is 7.08. The summed E-state index contributed by atoms with van der Waals surface area (Å²) in [6.45, 7) is 5.41. The zero-order valence-electron chi connectivity index (χ0n) is 20.2. The first-order valence-corrected chi connectivity index (χ1v) is 12.8. The molecule has 0 saturated carbocycles. The Kier molecular flexibility index (Phi) is 8.18. The van der Waals surface area contributed by atoms with Gasteiger partial charge in [-0.3, -0.25) is 9.59 Å². The standard InChI is InChI=1S/C28H31FN2O3S/c1-20(2)17-30(27(32)15-21-7-4-3-5-8-21)18-28(33)31-13-11-26-24(12-14-35-26)25(31)19-34-23-10-6-9-22(29)16-23/h3-10,12,14,16,20,25H,11,13,15,17-19H2,1-2H3. The minimum Gasteiger partial charge on any atom is -0.491 e. The molecule has 0 N–H and O–H groups in total. The summed E-state index contributed by atoms with van der Waals surface area (Å²) in [4.78, 5) is 31.4. The highest BCUT2D eigenvalue weighted by Crippen LogP contribution is 2.34. The molecule has 2 aromatic carbocycles. The highest BCUT2D eigenvalue weighted by atomic mass is 32.1. The Morgan fingerprint density at radius 3 is 2.69 bits per heavy atom. The lowest BCUT2D eigenvalue weighted by Crippen LogP contribution is -2.48. The van der Waals surface area contributed by atoms with Crippen molar-refractivity contribution in [1.29, 1.82) is 0 Å². The van der Waals surface area contributed by atoms with Crippen LogP contribution in [0, 0.1) is 11.7 Å². The van der Waals surface area contributed by atoms with Crippen LogP contribution in [0.25, 0.3) is 0 Å². The highest BCUT2D eigenvalue weighted by Gasteiger charge is 2.33. The van der Waals surface area contributed by atoms with Crippen LogP contribution in [0.1, 0.15) is 35.9 Å². The minimum absolute atomic E-state index is 0.0276. The summed E-state index contributed by atoms with van der Waals surface area (Å²) in [5, 5.41) is 2.03. The lowest BCUT2D eigenvalue weighted by atomic mass is 10.00. The number of fused-ring (bicyclic) bond motifs is 1. The molecule has 2 amide bonds. The lowest BCUT2D eigenvalue weighted by molar-refractivity contribution is -0.142. The zero-order valence-corrected chi connectivity index (χ0v) is 21.0. The molecule has 0 aliphatic carbocycles. The quantitative estimate of drug-likeness (QED) is 0.415. The Morgan fingerprint density at radius 1 is 1.14 bits per heavy atom. The van der Waals surface area contributed by atoms with Crippen molar-refractivity contribution >= 4 is 23.2 Å². The van der Waals surface area contributed by atoms with E-state index in [0.717, 1.165) is 17.5 Å². The van der Waals surface area contributed by atoms with Crippen LogP contribution in [0.3, 0.4) is 0 Å². The maximum absolute atomic E-state index is 13.6. The van der Waals surface area contributed by atoms with Gasteiger partial charge in [-0.15, -0.1) is 11.3 Å². The summed E-state index contributed by atoms with van der Waals surface area (Å²) < 4.78 is 19.5. The van der Waals surface area contributed by atoms with E-state index in [9.17, 15) is 14.0 Å². The predicted molar refractivity (Wildman–Crippen MR) is 136 cm³/mol. The normalized spacial score (nSPS) is 15.1. The summed E-state index contributed by atoms with van der Waals surface area (Å²) in [6.07, 6.45) is 1.04. The van der Waals surface area contributed by atoms with Crippen LogP contribution < -0.4 is 4.74 Å². The Labute approximate surface area is 210 Å². The Hall–Kier alpha value is -3.19. The van der Waals surface area contributed by atoms with Gasteiger partial charge in [-0.1, -0.05) is 50.2 Å². The fourth-order valence-electron chi connectivity index (χ4n) is 4.44. The van der Waals surface area contributed by atoms with E-state index in [4.69, 9.17) is 4.74 Å². The van der Waals surface area contributed by atoms with Gasteiger partial charge in [0.25, 0.3) is 0 Å². The monoisotopic (exact) mass is 494 g/mol. The molecule has 0 spiro atoms. The molecule has 7 heteroatoms. The molecule has 1 aliphatic heterocycles. The van der Waals surface area contributed by atoms with E-state index in [1.807, 2.05) is 60.5 Å². The van der Waals surface area contributed by atoms with Crippen molar-refractivity contribution in [2.45, 2.75) is 32.7 Å². The maximum Gasteiger partial charge on any atom is 0.242 e. The molecule has 1 unspecified atom stereocenters. The molecule has 0 radical (unpaired) electrons. The van der Waals surface area contributed by atoms with Gasteiger partial charge in [0.2, 0.25) is 11.8 Å². The van der Waals surface area contributed by atoms with E-state index in [-0.39, 0.29) is 49.2 Å². The van der Waals surface area contributed by atoms with E-state index in [2.05, 4.69) is 0 Å². The van der Waals surface area contributed by atoms with E-state index in [1.54, 1.807) is 28.4 Å². The molecule has 0 saturated heterocycles. The predicted octanol–water partition coefficient (Wildman–Crippen LogP) is 5.12. The Balaban J connectivity index is 1.49. The van der Waals surface area contributed by atoms with Crippen LogP contribution in [0.2, 0.25) is 0 Å². The molecule has 1 aliphatic rings. The van der Waals surface area contributed by atoms with E-state index in [1.165, 1.54) is 17.0 Å². The number of thiophene rings is 1. The summed E-state index contributed by atoms with van der Waals surface area (Å²) in [6, 6.07) is 17.4. The Morgan fingerprint density at radius 2 is 1.94 bits per heavy atom. The van der Waals surface area contributed by atoms with Crippen molar-refractivity contribution in [3.8, 4) is 5.75 Å². The molecule has 4 rings (SSSR count). The van der Waals surface area contributed by atoms with Gasteiger partial charge >= 0.3 is 0 Å². The molecule has 0 bridgehead atoms. The van der Waals surface area contributed by atoms with Crippen LogP contribution >= 0.6 is 11.3 Å². The van der Waals surface area contributed by atoms with Crippen LogP contribution in [0.4, 0.5) is 4.39 Å². The smallest absolute Gasteiger partial charge is 0.242 e. The first-order chi connectivity index (χ1) is 16.9. The van der Waals surface area contributed by atoms with E-state index >= 15 is 0 Å². The van der Waals surface area contributed by atoms with Crippen LogP contribution in [-0.4, -0.2) is 47.9 Å². The molecule has 35 heavy (non-hydrogen) atoms. The van der Waals surface area contributed by atoms with E-state index in [0.29, 0.717) is 18.8 Å². The van der Waals surface area contributed by atoms with Crippen molar-refractivity contribution in [2.75, 3.05) is 26.2 Å². The average Bonchev–Trinajstić information content (AvgIpc) is 3.31. The number of rotatable bonds is 9. The van der Waals surface area contributed by atoms with Crippen LogP contribution in [0.5, 0.6) is 5.75 Å². The van der Waals surface area contributed by atoms with Crippen LogP contribution in [-0.2, 0) is 22.4 Å². The van der Waals surface area contributed by atoms with Gasteiger partial charge in [-0.25, -0.2) is 4.39 Å². The summed E-state index contributed by atoms with van der Waals surface area (Å²) in [5.41, 5.74) is 2.00. The molecular weight excluding hydrogens is 463 g/mol. The van der Waals surface area contributed by atoms with Crippen LogP contribution in [0.15, 0.2) is 66.0 Å². The molecule has 184 valence electrons. The van der Waals surface area contributed by atoms with Gasteiger partial charge in [-0.2, -0.15) is 0 Å². The molecule has 3 aromatic rings. The second kappa shape index (κ2) is 11.5. The second-order valence-corrected chi connectivity index (χ2v) is 10.3. The minimum atomic E-state index is -0.364. The molecule has 2 heterocycles. The third-order valence-electron chi connectivity index (χ3n) is 6.08. The number of nitrogens with zero attached hydrogens (tertiary/aromatic N) is 2. The fraction of sp³-hybridized carbons (Fsp3) is 0.357. The molecule has 1 atom stereocenters. The SMILES string of the molecule is CC(C)CN(CC(=O)N1CCc2sccc2C1COc1cccc(F)c1)C(=O)Cc1ccccc1. The number of carbonyl (C=O) groups excluding carboxylic acids is 2. The number of hydrogen-bond donors (Lipinski definition) is 0. The molecule has 0 fully saturated rings. The summed E-state index contributed by atoms with van der Waals surface area (Å²) in [7, 11) is 0. The Bertz CT molecular complexity index is 1150. The van der Waals surface area contributed by atoms with Gasteiger partial charge < -0.3 is 14.5 Å². The van der Waals surface area contributed by atoms with Gasteiger partial charge in [-0.05, 0) is 47.0 Å². The third kappa shape index (κ3) is 6.48. The maximum atomic E-state index is 13.6. The van der Waals surface area contributed by atoms with Crippen molar-refractivity contribution in [3.63, 3.8) is 0 Å². The average molecular weight is 495 g/mol. The van der Waals surface area contributed by atoms with Gasteiger partial charge in [0.15, 0.2) is 0 Å². The topological polar surface area (TPSA) is 49.9 Å². The summed E-state index contributed by atoms with van der Waals surface area (Å²) in [5.74, 6) is 0.144. The fourth-order valence-corrected chi connectivity index (χ4v) is 5.37. The lowest BCUT2D eigenvalue weighted by Gasteiger charge is -2.37. The molecule has 1 aromatic heterocycles. The largest absolute Gasteiger partial charge is 0.491 e.